The number of benzene rings is 1. The highest BCUT2D eigenvalue weighted by atomic mass is 35.5. The first-order chi connectivity index (χ1) is 9.17. The van der Waals surface area contributed by atoms with Crippen molar-refractivity contribution in [3.05, 3.63) is 39.6 Å². The van der Waals surface area contributed by atoms with Crippen LogP contribution in [0.25, 0.3) is 10.6 Å². The first-order valence-electron chi connectivity index (χ1n) is 5.74. The lowest BCUT2D eigenvalue weighted by atomic mass is 10.2. The van der Waals surface area contributed by atoms with Gasteiger partial charge in [0.2, 0.25) is 0 Å². The molecule has 2 aromatic rings. The molecule has 6 heteroatoms. The van der Waals surface area contributed by atoms with Gasteiger partial charge in [0.1, 0.15) is 5.01 Å². The molecular formula is C13H14ClFN2OS. The molecule has 1 aromatic carbocycles. The van der Waals surface area contributed by atoms with Crippen molar-refractivity contribution in [2.24, 2.45) is 0 Å². The van der Waals surface area contributed by atoms with Gasteiger partial charge in [0.05, 0.1) is 17.3 Å². The van der Waals surface area contributed by atoms with E-state index in [4.69, 9.17) is 16.3 Å². The molecule has 0 bridgehead atoms. The van der Waals surface area contributed by atoms with E-state index in [0.717, 1.165) is 10.6 Å². The van der Waals surface area contributed by atoms with E-state index in [1.54, 1.807) is 19.2 Å². The number of hydrogen-bond acceptors (Lipinski definition) is 4. The fourth-order valence-electron chi connectivity index (χ4n) is 1.72. The molecule has 102 valence electrons. The normalized spacial score (nSPS) is 10.9. The smallest absolute Gasteiger partial charge is 0.152 e. The van der Waals surface area contributed by atoms with Gasteiger partial charge in [-0.05, 0) is 19.2 Å². The second-order valence-corrected chi connectivity index (χ2v) is 5.44. The molecule has 0 radical (unpaired) electrons. The summed E-state index contributed by atoms with van der Waals surface area (Å²) in [5, 5.41) is 3.80. The average Bonchev–Trinajstić information content (AvgIpc) is 2.77. The zero-order valence-corrected chi connectivity index (χ0v) is 12.2. The molecule has 3 nitrogen and oxygen atoms in total. The SMILES string of the molecule is CNCc1sc(-c2cccc(Cl)c2F)nc1COC. The summed E-state index contributed by atoms with van der Waals surface area (Å²) < 4.78 is 19.1. The van der Waals surface area contributed by atoms with Crippen LogP contribution in [0.2, 0.25) is 5.02 Å². The minimum Gasteiger partial charge on any atom is -0.378 e. The lowest BCUT2D eigenvalue weighted by molar-refractivity contribution is 0.181. The van der Waals surface area contributed by atoms with Crippen molar-refractivity contribution in [3.8, 4) is 10.6 Å². The van der Waals surface area contributed by atoms with E-state index in [-0.39, 0.29) is 5.02 Å². The molecule has 0 aliphatic carbocycles. The predicted molar refractivity (Wildman–Crippen MR) is 76.0 cm³/mol. The fourth-order valence-corrected chi connectivity index (χ4v) is 2.99. The van der Waals surface area contributed by atoms with Gasteiger partial charge in [-0.3, -0.25) is 0 Å². The topological polar surface area (TPSA) is 34.2 Å². The van der Waals surface area contributed by atoms with Crippen LogP contribution in [0.4, 0.5) is 4.39 Å². The van der Waals surface area contributed by atoms with Crippen LogP contribution in [0.3, 0.4) is 0 Å². The molecule has 0 saturated heterocycles. The summed E-state index contributed by atoms with van der Waals surface area (Å²) in [6, 6.07) is 4.92. The summed E-state index contributed by atoms with van der Waals surface area (Å²) in [5.41, 5.74) is 1.26. The molecule has 19 heavy (non-hydrogen) atoms. The predicted octanol–water partition coefficient (Wildman–Crippen LogP) is 3.47. The highest BCUT2D eigenvalue weighted by Gasteiger charge is 2.16. The first-order valence-corrected chi connectivity index (χ1v) is 6.93. The highest BCUT2D eigenvalue weighted by molar-refractivity contribution is 7.15. The van der Waals surface area contributed by atoms with Gasteiger partial charge >= 0.3 is 0 Å². The average molecular weight is 301 g/mol. The molecule has 0 fully saturated rings. The maximum Gasteiger partial charge on any atom is 0.152 e. The summed E-state index contributed by atoms with van der Waals surface area (Å²) in [6.45, 7) is 1.09. The summed E-state index contributed by atoms with van der Waals surface area (Å²) in [6.07, 6.45) is 0. The van der Waals surface area contributed by atoms with Crippen molar-refractivity contribution in [1.82, 2.24) is 10.3 Å². The van der Waals surface area contributed by atoms with Gasteiger partial charge in [-0.15, -0.1) is 11.3 Å². The van der Waals surface area contributed by atoms with Gasteiger partial charge in [0.15, 0.2) is 5.82 Å². The monoisotopic (exact) mass is 300 g/mol. The highest BCUT2D eigenvalue weighted by Crippen LogP contribution is 2.32. The Bertz CT molecular complexity index is 550. The third kappa shape index (κ3) is 3.12. The maximum atomic E-state index is 14.0. The van der Waals surface area contributed by atoms with Gasteiger partial charge in [0.25, 0.3) is 0 Å². The Kier molecular flexibility index (Phi) is 4.87. The van der Waals surface area contributed by atoms with Crippen LogP contribution >= 0.6 is 22.9 Å². The number of ether oxygens (including phenoxy) is 1. The number of nitrogens with one attached hydrogen (secondary N) is 1. The minimum atomic E-state index is -0.433. The van der Waals surface area contributed by atoms with Crippen LogP contribution in [0.15, 0.2) is 18.2 Å². The van der Waals surface area contributed by atoms with Crippen LogP contribution in [0.5, 0.6) is 0 Å². The molecule has 1 N–H and O–H groups in total. The molecule has 0 amide bonds. The van der Waals surface area contributed by atoms with Crippen molar-refractivity contribution < 1.29 is 9.13 Å². The molecule has 0 aliphatic rings. The van der Waals surface area contributed by atoms with Crippen LogP contribution < -0.4 is 5.32 Å². The van der Waals surface area contributed by atoms with Crippen molar-refractivity contribution in [3.63, 3.8) is 0 Å². The molecule has 0 unspecified atom stereocenters. The summed E-state index contributed by atoms with van der Waals surface area (Å²) in [7, 11) is 3.47. The zero-order valence-electron chi connectivity index (χ0n) is 10.7. The minimum absolute atomic E-state index is 0.108. The Morgan fingerprint density at radius 2 is 2.26 bits per heavy atom. The van der Waals surface area contributed by atoms with Crippen LogP contribution in [0.1, 0.15) is 10.6 Å². The number of halogens is 2. The van der Waals surface area contributed by atoms with Crippen molar-refractivity contribution >= 4 is 22.9 Å². The molecular weight excluding hydrogens is 287 g/mol. The Hall–Kier alpha value is -1.01. The molecule has 1 heterocycles. The number of aromatic nitrogens is 1. The van der Waals surface area contributed by atoms with Gasteiger partial charge in [-0.2, -0.15) is 0 Å². The van der Waals surface area contributed by atoms with Crippen LogP contribution in [0, 0.1) is 5.82 Å². The van der Waals surface area contributed by atoms with Crippen molar-refractivity contribution in [1.29, 1.82) is 0 Å². The Morgan fingerprint density at radius 3 is 2.95 bits per heavy atom. The third-order valence-corrected chi connectivity index (χ3v) is 4.00. The zero-order chi connectivity index (χ0) is 13.8. The third-order valence-electron chi connectivity index (χ3n) is 2.58. The quantitative estimate of drug-likeness (QED) is 0.918. The Morgan fingerprint density at radius 1 is 1.47 bits per heavy atom. The molecule has 1 aromatic heterocycles. The van der Waals surface area contributed by atoms with E-state index in [1.807, 2.05) is 7.05 Å². The van der Waals surface area contributed by atoms with Crippen molar-refractivity contribution in [2.45, 2.75) is 13.2 Å². The van der Waals surface area contributed by atoms with E-state index >= 15 is 0 Å². The number of rotatable bonds is 5. The first kappa shape index (κ1) is 14.4. The van der Waals surface area contributed by atoms with Gasteiger partial charge < -0.3 is 10.1 Å². The fraction of sp³-hybridized carbons (Fsp3) is 0.308. The van der Waals surface area contributed by atoms with E-state index < -0.39 is 5.82 Å². The molecule has 0 spiro atoms. The lowest BCUT2D eigenvalue weighted by Crippen LogP contribution is -2.06. The van der Waals surface area contributed by atoms with E-state index in [9.17, 15) is 4.39 Å². The molecule has 2 rings (SSSR count). The van der Waals surface area contributed by atoms with E-state index in [0.29, 0.717) is 23.7 Å². The Balaban J connectivity index is 2.44. The standard InChI is InChI=1S/C13H14ClFN2OS/c1-16-6-11-10(7-18-2)17-13(19-11)8-4-3-5-9(14)12(8)15/h3-5,16H,6-7H2,1-2H3. The van der Waals surface area contributed by atoms with Crippen LogP contribution in [-0.2, 0) is 17.9 Å². The van der Waals surface area contributed by atoms with E-state index in [2.05, 4.69) is 10.3 Å². The van der Waals surface area contributed by atoms with Gasteiger partial charge in [-0.1, -0.05) is 17.7 Å². The molecule has 0 atom stereocenters. The second kappa shape index (κ2) is 6.43. The summed E-state index contributed by atoms with van der Waals surface area (Å²) in [4.78, 5) is 5.49. The summed E-state index contributed by atoms with van der Waals surface area (Å²) >= 11 is 7.25. The van der Waals surface area contributed by atoms with Gasteiger partial charge in [-0.25, -0.2) is 9.37 Å². The number of methoxy groups -OCH3 is 1. The maximum absolute atomic E-state index is 14.0. The Labute approximate surface area is 120 Å². The summed E-state index contributed by atoms with van der Waals surface area (Å²) in [5.74, 6) is -0.433. The molecule has 0 saturated carbocycles. The number of thiazole rings is 1. The van der Waals surface area contributed by atoms with Gasteiger partial charge in [0, 0.05) is 24.1 Å². The largest absolute Gasteiger partial charge is 0.378 e. The number of nitrogens with zero attached hydrogens (tertiary/aromatic N) is 1. The number of hydrogen-bond donors (Lipinski definition) is 1. The van der Waals surface area contributed by atoms with E-state index in [1.165, 1.54) is 17.4 Å². The second-order valence-electron chi connectivity index (χ2n) is 3.95. The van der Waals surface area contributed by atoms with Crippen molar-refractivity contribution in [2.75, 3.05) is 14.2 Å². The molecule has 0 aliphatic heterocycles. The van der Waals surface area contributed by atoms with Crippen LogP contribution in [-0.4, -0.2) is 19.1 Å². The lowest BCUT2D eigenvalue weighted by Gasteiger charge is -2.00.